The Morgan fingerprint density at radius 3 is 2.28 bits per heavy atom. The fourth-order valence-corrected chi connectivity index (χ4v) is 5.75. The van der Waals surface area contributed by atoms with E-state index in [4.69, 9.17) is 9.47 Å². The third-order valence-corrected chi connectivity index (χ3v) is 8.19. The summed E-state index contributed by atoms with van der Waals surface area (Å²) in [6, 6.07) is 19.3. The lowest BCUT2D eigenvalue weighted by Gasteiger charge is -2.32. The Bertz CT molecular complexity index is 1210. The summed E-state index contributed by atoms with van der Waals surface area (Å²) in [4.78, 5) is 4.89. The minimum Gasteiger partial charge on any atom is -0.508 e. The van der Waals surface area contributed by atoms with Crippen molar-refractivity contribution >= 4 is 5.69 Å². The molecule has 1 aliphatic rings. The van der Waals surface area contributed by atoms with Crippen LogP contribution in [0.4, 0.5) is 5.69 Å². The lowest BCUT2D eigenvalue weighted by atomic mass is 9.79. The van der Waals surface area contributed by atoms with Crippen LogP contribution in [0.2, 0.25) is 0 Å². The first-order valence-electron chi connectivity index (χ1n) is 14.5. The summed E-state index contributed by atoms with van der Waals surface area (Å²) >= 11 is 0. The van der Waals surface area contributed by atoms with Gasteiger partial charge in [-0.25, -0.2) is 0 Å². The van der Waals surface area contributed by atoms with Gasteiger partial charge in [0, 0.05) is 31.4 Å². The normalized spacial score (nSPS) is 14.8. The predicted molar refractivity (Wildman–Crippen MR) is 162 cm³/mol. The molecular formula is C34H46N2O3. The number of hydrogen-bond donors (Lipinski definition) is 1. The number of methoxy groups -OCH3 is 2. The first-order valence-corrected chi connectivity index (χ1v) is 14.5. The van der Waals surface area contributed by atoms with Gasteiger partial charge in [0.15, 0.2) is 11.5 Å². The van der Waals surface area contributed by atoms with Gasteiger partial charge >= 0.3 is 0 Å². The second-order valence-electron chi connectivity index (χ2n) is 10.9. The first kappa shape index (κ1) is 28.8. The van der Waals surface area contributed by atoms with Crippen molar-refractivity contribution in [2.75, 3.05) is 45.8 Å². The Balaban J connectivity index is 1.55. The number of hydrogen-bond acceptors (Lipinski definition) is 5. The summed E-state index contributed by atoms with van der Waals surface area (Å²) in [5.41, 5.74) is 7.80. The molecule has 5 nitrogen and oxygen atoms in total. The lowest BCUT2D eigenvalue weighted by molar-refractivity contribution is 0.332. The summed E-state index contributed by atoms with van der Waals surface area (Å²) in [7, 11) is 5.64. The van der Waals surface area contributed by atoms with Crippen molar-refractivity contribution in [3.63, 3.8) is 0 Å². The van der Waals surface area contributed by atoms with E-state index in [-0.39, 0.29) is 0 Å². The SMILES string of the molecule is CCCCN(C)CCc1ccc(CN(CC)c2cc(OC)c(OC)cc2[C@@H]2CCc3cc(O)ccc3C2)cc1. The zero-order chi connectivity index (χ0) is 27.8. The molecule has 0 unspecified atom stereocenters. The van der Waals surface area contributed by atoms with Crippen molar-refractivity contribution in [2.24, 2.45) is 0 Å². The Morgan fingerprint density at radius 2 is 1.59 bits per heavy atom. The highest BCUT2D eigenvalue weighted by Crippen LogP contribution is 2.43. The van der Waals surface area contributed by atoms with Gasteiger partial charge < -0.3 is 24.4 Å². The van der Waals surface area contributed by atoms with Gasteiger partial charge in [0.25, 0.3) is 0 Å². The zero-order valence-corrected chi connectivity index (χ0v) is 24.5. The van der Waals surface area contributed by atoms with E-state index in [2.05, 4.69) is 73.2 Å². The highest BCUT2D eigenvalue weighted by atomic mass is 16.5. The number of fused-ring (bicyclic) bond motifs is 1. The van der Waals surface area contributed by atoms with Crippen LogP contribution >= 0.6 is 0 Å². The van der Waals surface area contributed by atoms with Gasteiger partial charge in [0.2, 0.25) is 0 Å². The number of benzene rings is 3. The largest absolute Gasteiger partial charge is 0.508 e. The number of aryl methyl sites for hydroxylation is 1. The average Bonchev–Trinajstić information content (AvgIpc) is 2.97. The van der Waals surface area contributed by atoms with Gasteiger partial charge in [0.05, 0.1) is 14.2 Å². The van der Waals surface area contributed by atoms with Crippen molar-refractivity contribution < 1.29 is 14.6 Å². The highest BCUT2D eigenvalue weighted by molar-refractivity contribution is 5.64. The number of aromatic hydroxyl groups is 1. The molecule has 0 aliphatic heterocycles. The predicted octanol–water partition coefficient (Wildman–Crippen LogP) is 6.98. The summed E-state index contributed by atoms with van der Waals surface area (Å²) in [5, 5.41) is 9.95. The number of unbranched alkanes of at least 4 members (excludes halogenated alkanes) is 1. The van der Waals surface area contributed by atoms with Gasteiger partial charge in [-0.2, -0.15) is 0 Å². The Morgan fingerprint density at radius 1 is 0.872 bits per heavy atom. The zero-order valence-electron chi connectivity index (χ0n) is 24.5. The quantitative estimate of drug-likeness (QED) is 0.258. The van der Waals surface area contributed by atoms with E-state index in [9.17, 15) is 5.11 Å². The van der Waals surface area contributed by atoms with Crippen molar-refractivity contribution in [2.45, 2.75) is 64.8 Å². The number of phenolic OH excluding ortho intramolecular Hbond substituents is 1. The maximum absolute atomic E-state index is 9.95. The molecular weight excluding hydrogens is 484 g/mol. The molecule has 0 saturated heterocycles. The smallest absolute Gasteiger partial charge is 0.162 e. The Kier molecular flexibility index (Phi) is 10.2. The number of nitrogens with zero attached hydrogens (tertiary/aromatic N) is 2. The summed E-state index contributed by atoms with van der Waals surface area (Å²) in [6.45, 7) is 8.47. The maximum atomic E-state index is 9.95. The standard InChI is InChI=1S/C34H46N2O3/c1-6-8-18-35(3)19-17-25-9-11-26(12-10-25)24-36(7-2)32-23-34(39-5)33(38-4)22-31(32)29-14-13-28-21-30(37)16-15-27(28)20-29/h9-12,15-16,21-23,29,37H,6-8,13-14,17-20,24H2,1-5H3/t29-/m1/s1. The van der Waals surface area contributed by atoms with Crippen molar-refractivity contribution in [3.8, 4) is 17.2 Å². The van der Waals surface area contributed by atoms with Crippen LogP contribution in [0.3, 0.4) is 0 Å². The van der Waals surface area contributed by atoms with Crippen LogP contribution in [0.15, 0.2) is 54.6 Å². The molecule has 0 spiro atoms. The summed E-state index contributed by atoms with van der Waals surface area (Å²) in [6.07, 6.45) is 6.54. The fraction of sp³-hybridized carbons (Fsp3) is 0.471. The number of phenols is 1. The van der Waals surface area contributed by atoms with Crippen LogP contribution in [-0.2, 0) is 25.8 Å². The van der Waals surface area contributed by atoms with E-state index in [1.54, 1.807) is 14.2 Å². The summed E-state index contributed by atoms with van der Waals surface area (Å²) < 4.78 is 11.5. The Labute approximate surface area is 235 Å². The molecule has 0 aromatic heterocycles. The number of ether oxygens (including phenoxy) is 2. The third-order valence-electron chi connectivity index (χ3n) is 8.19. The van der Waals surface area contributed by atoms with Crippen LogP contribution in [0.25, 0.3) is 0 Å². The molecule has 1 aliphatic carbocycles. The van der Waals surface area contributed by atoms with Crippen molar-refractivity contribution in [3.05, 3.63) is 82.4 Å². The molecule has 0 fully saturated rings. The van der Waals surface area contributed by atoms with Crippen LogP contribution in [0, 0.1) is 0 Å². The molecule has 1 N–H and O–H groups in total. The first-order chi connectivity index (χ1) is 18.9. The minimum absolute atomic E-state index is 0.352. The molecule has 3 aromatic carbocycles. The lowest BCUT2D eigenvalue weighted by Crippen LogP contribution is -2.25. The van der Waals surface area contributed by atoms with Crippen LogP contribution in [0.1, 0.15) is 66.8 Å². The molecule has 0 saturated carbocycles. The van der Waals surface area contributed by atoms with Gasteiger partial charge in [0.1, 0.15) is 5.75 Å². The van der Waals surface area contributed by atoms with Crippen molar-refractivity contribution in [1.29, 1.82) is 0 Å². The molecule has 3 aromatic rings. The van der Waals surface area contributed by atoms with E-state index < -0.39 is 0 Å². The van der Waals surface area contributed by atoms with Crippen LogP contribution in [0.5, 0.6) is 17.2 Å². The van der Waals surface area contributed by atoms with Crippen LogP contribution in [-0.4, -0.2) is 50.9 Å². The molecule has 0 radical (unpaired) electrons. The average molecular weight is 531 g/mol. The minimum atomic E-state index is 0.352. The van der Waals surface area contributed by atoms with E-state index in [0.717, 1.165) is 56.8 Å². The molecule has 4 rings (SSSR count). The van der Waals surface area contributed by atoms with Gasteiger partial charge in [-0.1, -0.05) is 43.7 Å². The Hall–Kier alpha value is -3.18. The molecule has 210 valence electrons. The van der Waals surface area contributed by atoms with Crippen molar-refractivity contribution in [1.82, 2.24) is 4.90 Å². The molecule has 0 amide bonds. The van der Waals surface area contributed by atoms with E-state index in [1.807, 2.05) is 12.1 Å². The number of rotatable bonds is 13. The van der Waals surface area contributed by atoms with E-state index in [0.29, 0.717) is 11.7 Å². The second-order valence-corrected chi connectivity index (χ2v) is 10.9. The molecule has 39 heavy (non-hydrogen) atoms. The summed E-state index contributed by atoms with van der Waals surface area (Å²) in [5.74, 6) is 2.26. The van der Waals surface area contributed by atoms with Gasteiger partial charge in [-0.3, -0.25) is 0 Å². The topological polar surface area (TPSA) is 45.2 Å². The monoisotopic (exact) mass is 530 g/mol. The molecule has 5 heteroatoms. The molecule has 0 heterocycles. The number of anilines is 1. The molecule has 1 atom stereocenters. The maximum Gasteiger partial charge on any atom is 0.162 e. The number of likely N-dealkylation sites (N-methyl/N-ethyl adjacent to an activating group) is 1. The second kappa shape index (κ2) is 13.7. The van der Waals surface area contributed by atoms with Crippen LogP contribution < -0.4 is 14.4 Å². The molecule has 0 bridgehead atoms. The third kappa shape index (κ3) is 7.27. The highest BCUT2D eigenvalue weighted by Gasteiger charge is 2.26. The van der Waals surface area contributed by atoms with Gasteiger partial charge in [-0.15, -0.1) is 0 Å². The van der Waals surface area contributed by atoms with E-state index in [1.165, 1.54) is 52.9 Å². The van der Waals surface area contributed by atoms with E-state index >= 15 is 0 Å². The van der Waals surface area contributed by atoms with Gasteiger partial charge in [-0.05, 0) is 105 Å². The fourth-order valence-electron chi connectivity index (χ4n) is 5.75.